The second kappa shape index (κ2) is 14.9. The number of aliphatic hydroxyl groups is 2. The van der Waals surface area contributed by atoms with Crippen LogP contribution >= 0.6 is 0 Å². The summed E-state index contributed by atoms with van der Waals surface area (Å²) in [5, 5.41) is 41.7. The summed E-state index contributed by atoms with van der Waals surface area (Å²) in [4.78, 5) is 91.8. The van der Waals surface area contributed by atoms with E-state index >= 15 is 0 Å². The van der Waals surface area contributed by atoms with Crippen molar-refractivity contribution >= 4 is 41.4 Å². The second-order valence-electron chi connectivity index (χ2n) is 11.2. The van der Waals surface area contributed by atoms with Gasteiger partial charge in [-0.1, -0.05) is 13.8 Å². The molecule has 2 aliphatic rings. The molecule has 0 aromatic carbocycles. The first-order valence-corrected chi connectivity index (χ1v) is 13.9. The molecule has 2 rings (SSSR count). The minimum absolute atomic E-state index is 0.0426. The van der Waals surface area contributed by atoms with Crippen molar-refractivity contribution in [1.82, 2.24) is 31.5 Å². The molecule has 2 heterocycles. The van der Waals surface area contributed by atoms with Crippen LogP contribution in [0.1, 0.15) is 60.3 Å². The fourth-order valence-corrected chi connectivity index (χ4v) is 4.85. The normalized spacial score (nSPS) is 30.1. The van der Waals surface area contributed by atoms with Gasteiger partial charge in [0.2, 0.25) is 35.4 Å². The third kappa shape index (κ3) is 9.11. The molecule has 0 radical (unpaired) electrons. The van der Waals surface area contributed by atoms with Crippen molar-refractivity contribution in [3.8, 4) is 0 Å². The lowest BCUT2D eigenvalue weighted by Crippen LogP contribution is -2.63. The summed E-state index contributed by atoms with van der Waals surface area (Å²) in [5.41, 5.74) is 0. The lowest BCUT2D eigenvalue weighted by molar-refractivity contribution is -0.144. The van der Waals surface area contributed by atoms with E-state index < -0.39 is 96.3 Å². The van der Waals surface area contributed by atoms with Crippen LogP contribution in [-0.4, -0.2) is 117 Å². The van der Waals surface area contributed by atoms with Gasteiger partial charge in [-0.25, -0.2) is 0 Å². The third-order valence-electron chi connectivity index (χ3n) is 7.04. The summed E-state index contributed by atoms with van der Waals surface area (Å²) in [5.74, 6) is -6.88. The molecule has 16 heteroatoms. The Morgan fingerprint density at radius 3 is 1.81 bits per heavy atom. The molecule has 0 aliphatic carbocycles. The molecule has 16 nitrogen and oxygen atoms in total. The topological polar surface area (TPSA) is 244 Å². The van der Waals surface area contributed by atoms with Gasteiger partial charge in [0.15, 0.2) is 0 Å². The first-order valence-electron chi connectivity index (χ1n) is 13.9. The largest absolute Gasteiger partial charge is 0.481 e. The van der Waals surface area contributed by atoms with Crippen LogP contribution in [-0.2, 0) is 33.6 Å². The number of aliphatic carboxylic acids is 1. The number of hydrogen-bond donors (Lipinski definition) is 8. The Morgan fingerprint density at radius 2 is 1.29 bits per heavy atom. The highest BCUT2D eigenvalue weighted by molar-refractivity contribution is 5.99. The van der Waals surface area contributed by atoms with Crippen molar-refractivity contribution < 1.29 is 48.9 Å². The van der Waals surface area contributed by atoms with E-state index in [4.69, 9.17) is 0 Å². The molecular weight excluding hydrogens is 556 g/mol. The monoisotopic (exact) mass is 598 g/mol. The SMILES string of the molecule is CC(C)C[C@@H]1NC(=O)[C@H]([C@@H](C)O)NC(=O)[C@H]2CCCN2C(=O)[C@H](C)NC(=O)[C@H]([C@@H](C)O)NC(=O)[C@H](CC(=O)O)NC1=O. The number of amides is 6. The maximum atomic E-state index is 13.3. The van der Waals surface area contributed by atoms with Crippen molar-refractivity contribution in [1.29, 1.82) is 0 Å². The van der Waals surface area contributed by atoms with Gasteiger partial charge in [-0.15, -0.1) is 0 Å². The van der Waals surface area contributed by atoms with Gasteiger partial charge in [0, 0.05) is 6.54 Å². The fraction of sp³-hybridized carbons (Fsp3) is 0.731. The molecule has 0 bridgehead atoms. The Morgan fingerprint density at radius 1 is 0.786 bits per heavy atom. The van der Waals surface area contributed by atoms with E-state index in [-0.39, 0.29) is 25.3 Å². The molecule has 2 fully saturated rings. The Labute approximate surface area is 243 Å². The summed E-state index contributed by atoms with van der Waals surface area (Å²) < 4.78 is 0. The summed E-state index contributed by atoms with van der Waals surface area (Å²) >= 11 is 0. The maximum absolute atomic E-state index is 13.3. The summed E-state index contributed by atoms with van der Waals surface area (Å²) in [7, 11) is 0. The summed E-state index contributed by atoms with van der Waals surface area (Å²) in [6, 6.07) is -8.38. The van der Waals surface area contributed by atoms with E-state index in [1.54, 1.807) is 13.8 Å². The van der Waals surface area contributed by atoms with Crippen molar-refractivity contribution in [3.63, 3.8) is 0 Å². The molecule has 8 N–H and O–H groups in total. The Kier molecular flexibility index (Phi) is 12.2. The standard InChI is InChI=1S/C26H42N6O10/c1-11(2)9-15-21(37)28-16(10-18(35)36)22(38)30-19(13(4)33)24(40)27-12(3)26(42)32-8-6-7-17(32)23(39)31-20(14(5)34)25(41)29-15/h11-17,19-20,33-34H,6-10H2,1-5H3,(H,27,40)(H,28,37)(H,29,41)(H,30,38)(H,31,39)(H,35,36)/t12-,13+,14+,15-,16-,17+,19-,20-/m0/s1. The smallest absolute Gasteiger partial charge is 0.305 e. The van der Waals surface area contributed by atoms with Crippen LogP contribution in [0, 0.1) is 5.92 Å². The zero-order valence-corrected chi connectivity index (χ0v) is 24.4. The lowest BCUT2D eigenvalue weighted by Gasteiger charge is -2.31. The highest BCUT2D eigenvalue weighted by Gasteiger charge is 2.40. The number of nitrogens with zero attached hydrogens (tertiary/aromatic N) is 1. The predicted octanol–water partition coefficient (Wildman–Crippen LogP) is -3.28. The van der Waals surface area contributed by atoms with Crippen LogP contribution in [0.15, 0.2) is 0 Å². The van der Waals surface area contributed by atoms with Crippen LogP contribution in [0.4, 0.5) is 0 Å². The molecule has 2 saturated heterocycles. The number of aliphatic hydroxyl groups excluding tert-OH is 2. The van der Waals surface area contributed by atoms with Crippen LogP contribution in [0.3, 0.4) is 0 Å². The van der Waals surface area contributed by atoms with Crippen molar-refractivity contribution in [2.45, 2.75) is 109 Å². The first kappa shape index (κ1) is 34.4. The molecule has 0 spiro atoms. The lowest BCUT2D eigenvalue weighted by atomic mass is 10.0. The van der Waals surface area contributed by atoms with Gasteiger partial charge < -0.3 is 46.8 Å². The molecule has 6 amide bonds. The number of nitrogens with one attached hydrogen (secondary N) is 5. The zero-order chi connectivity index (χ0) is 31.9. The number of fused-ring (bicyclic) bond motifs is 1. The number of carbonyl (C=O) groups excluding carboxylic acids is 6. The quantitative estimate of drug-likeness (QED) is 0.151. The van der Waals surface area contributed by atoms with Gasteiger partial charge in [-0.2, -0.15) is 0 Å². The number of hydrogen-bond acceptors (Lipinski definition) is 9. The maximum Gasteiger partial charge on any atom is 0.305 e. The minimum Gasteiger partial charge on any atom is -0.481 e. The number of carboxylic acid groups (broad SMARTS) is 1. The molecule has 8 atom stereocenters. The molecule has 0 saturated carbocycles. The van der Waals surface area contributed by atoms with E-state index in [9.17, 15) is 48.9 Å². The summed E-state index contributed by atoms with van der Waals surface area (Å²) in [6.45, 7) is 7.47. The van der Waals surface area contributed by atoms with E-state index in [0.29, 0.717) is 6.42 Å². The number of carbonyl (C=O) groups is 7. The van der Waals surface area contributed by atoms with Gasteiger partial charge in [-0.3, -0.25) is 33.6 Å². The minimum atomic E-state index is -1.72. The Balaban J connectivity index is 2.54. The van der Waals surface area contributed by atoms with Gasteiger partial charge in [-0.05, 0) is 46.0 Å². The molecule has 236 valence electrons. The highest BCUT2D eigenvalue weighted by atomic mass is 16.4. The average Bonchev–Trinajstić information content (AvgIpc) is 3.37. The van der Waals surface area contributed by atoms with E-state index in [1.165, 1.54) is 25.7 Å². The second-order valence-corrected chi connectivity index (χ2v) is 11.2. The van der Waals surface area contributed by atoms with Crippen molar-refractivity contribution in [3.05, 3.63) is 0 Å². The van der Waals surface area contributed by atoms with E-state index in [0.717, 1.165) is 0 Å². The molecule has 42 heavy (non-hydrogen) atoms. The van der Waals surface area contributed by atoms with Crippen LogP contribution in [0.25, 0.3) is 0 Å². The Hall–Kier alpha value is -3.79. The van der Waals surface area contributed by atoms with E-state index in [1.807, 2.05) is 0 Å². The molecular formula is C26H42N6O10. The molecule has 0 aromatic rings. The fourth-order valence-electron chi connectivity index (χ4n) is 4.85. The average molecular weight is 599 g/mol. The van der Waals surface area contributed by atoms with Gasteiger partial charge >= 0.3 is 5.97 Å². The molecule has 0 aromatic heterocycles. The van der Waals surface area contributed by atoms with Gasteiger partial charge in [0.1, 0.15) is 36.3 Å². The number of carboxylic acids is 1. The van der Waals surface area contributed by atoms with Crippen LogP contribution in [0.5, 0.6) is 0 Å². The van der Waals surface area contributed by atoms with Gasteiger partial charge in [0.25, 0.3) is 0 Å². The van der Waals surface area contributed by atoms with Crippen LogP contribution in [0.2, 0.25) is 0 Å². The predicted molar refractivity (Wildman–Crippen MR) is 145 cm³/mol. The number of rotatable bonds is 6. The van der Waals surface area contributed by atoms with Gasteiger partial charge in [0.05, 0.1) is 18.6 Å². The first-order chi connectivity index (χ1) is 19.5. The summed E-state index contributed by atoms with van der Waals surface area (Å²) in [6.07, 6.45) is -3.05. The highest BCUT2D eigenvalue weighted by Crippen LogP contribution is 2.19. The van der Waals surface area contributed by atoms with Crippen molar-refractivity contribution in [2.75, 3.05) is 6.54 Å². The van der Waals surface area contributed by atoms with Crippen molar-refractivity contribution in [2.24, 2.45) is 5.92 Å². The molecule has 2 aliphatic heterocycles. The Bertz CT molecular complexity index is 1060. The van der Waals surface area contributed by atoms with Crippen LogP contribution < -0.4 is 26.6 Å². The molecule has 0 unspecified atom stereocenters. The van der Waals surface area contributed by atoms with E-state index in [2.05, 4.69) is 26.6 Å². The zero-order valence-electron chi connectivity index (χ0n) is 24.4. The third-order valence-corrected chi connectivity index (χ3v) is 7.04.